The summed E-state index contributed by atoms with van der Waals surface area (Å²) in [5.41, 5.74) is -6.36. The van der Waals surface area contributed by atoms with Gasteiger partial charge in [0.25, 0.3) is 5.95 Å². The molecule has 29 heavy (non-hydrogen) atoms. The van der Waals surface area contributed by atoms with Crippen LogP contribution in [0, 0.1) is 40.9 Å². The monoisotopic (exact) mass is 487 g/mol. The molecule has 0 saturated heterocycles. The Morgan fingerprint density at radius 2 is 0.897 bits per heavy atom. The molecule has 2 heterocycles. The summed E-state index contributed by atoms with van der Waals surface area (Å²) in [7, 11) is 0. The van der Waals surface area contributed by atoms with E-state index in [4.69, 9.17) is 0 Å². The second-order valence-corrected chi connectivity index (χ2v) is 5.27. The Morgan fingerprint density at radius 1 is 0.517 bits per heavy atom. The first-order chi connectivity index (χ1) is 12.7. The Hall–Kier alpha value is -2.28. The van der Waals surface area contributed by atoms with Crippen LogP contribution in [0.3, 0.4) is 0 Å². The van der Waals surface area contributed by atoms with Crippen LogP contribution >= 0.6 is 0 Å². The molecule has 0 aliphatic carbocycles. The van der Waals surface area contributed by atoms with E-state index in [0.29, 0.717) is 0 Å². The van der Waals surface area contributed by atoms with Gasteiger partial charge in [-0.2, -0.15) is 30.7 Å². The number of benzene rings is 1. The van der Waals surface area contributed by atoms with E-state index < -0.39 is 80.4 Å². The second kappa shape index (κ2) is 6.90. The van der Waals surface area contributed by atoms with Gasteiger partial charge in [-0.15, -0.1) is 0 Å². The summed E-state index contributed by atoms with van der Waals surface area (Å²) in [5.74, 6) is -24.1. The number of rotatable bonds is 1. The average Bonchev–Trinajstić information content (AvgIpc) is 2.58. The predicted molar refractivity (Wildman–Crippen MR) is 66.7 cm³/mol. The van der Waals surface area contributed by atoms with Crippen molar-refractivity contribution in [3.05, 3.63) is 46.5 Å². The number of halogens is 12. The van der Waals surface area contributed by atoms with Crippen molar-refractivity contribution in [1.82, 2.24) is 9.97 Å². The first kappa shape index (κ1) is 23.0. The Balaban J connectivity index is 0.00000300. The van der Waals surface area contributed by atoms with E-state index in [1.807, 2.05) is 0 Å². The standard InChI is InChI=1S/C14F12N2.Cu/c15-3-1-5(17)7(19)11(13(22,23)14(24,25)26)27-9(1)10-2(4(3)16)6(18)8(20)12(21)28-10;. The van der Waals surface area contributed by atoms with E-state index in [0.717, 1.165) is 0 Å². The topological polar surface area (TPSA) is 25.8 Å². The van der Waals surface area contributed by atoms with Crippen molar-refractivity contribution in [2.24, 2.45) is 0 Å². The van der Waals surface area contributed by atoms with Gasteiger partial charge in [0, 0.05) is 17.1 Å². The second-order valence-electron chi connectivity index (χ2n) is 5.27. The van der Waals surface area contributed by atoms with Crippen LogP contribution in [0.2, 0.25) is 0 Å². The van der Waals surface area contributed by atoms with E-state index in [9.17, 15) is 52.7 Å². The van der Waals surface area contributed by atoms with Gasteiger partial charge in [0.1, 0.15) is 11.0 Å². The van der Waals surface area contributed by atoms with Crippen molar-refractivity contribution < 1.29 is 69.8 Å². The van der Waals surface area contributed by atoms with Crippen molar-refractivity contribution in [1.29, 1.82) is 0 Å². The fourth-order valence-corrected chi connectivity index (χ4v) is 2.35. The van der Waals surface area contributed by atoms with Crippen molar-refractivity contribution in [2.75, 3.05) is 0 Å². The van der Waals surface area contributed by atoms with E-state index >= 15 is 0 Å². The molecule has 1 aromatic carbocycles. The first-order valence-corrected chi connectivity index (χ1v) is 6.66. The zero-order valence-corrected chi connectivity index (χ0v) is 13.7. The third-order valence-electron chi connectivity index (χ3n) is 3.63. The van der Waals surface area contributed by atoms with Gasteiger partial charge in [-0.25, -0.2) is 31.9 Å². The molecule has 15 heteroatoms. The number of pyridine rings is 2. The maximum absolute atomic E-state index is 14.0. The van der Waals surface area contributed by atoms with Gasteiger partial charge in [-0.3, -0.25) is 0 Å². The number of nitrogens with zero attached hydrogens (tertiary/aromatic N) is 2. The molecule has 0 aliphatic rings. The van der Waals surface area contributed by atoms with Crippen molar-refractivity contribution in [3.63, 3.8) is 0 Å². The maximum atomic E-state index is 14.0. The summed E-state index contributed by atoms with van der Waals surface area (Å²) in [6.45, 7) is 0. The van der Waals surface area contributed by atoms with E-state index in [2.05, 4.69) is 9.97 Å². The first-order valence-electron chi connectivity index (χ1n) is 6.66. The Labute approximate surface area is 161 Å². The van der Waals surface area contributed by atoms with Gasteiger partial charge >= 0.3 is 12.1 Å². The van der Waals surface area contributed by atoms with E-state index in [1.54, 1.807) is 0 Å². The fourth-order valence-electron chi connectivity index (χ4n) is 2.35. The minimum Gasteiger partial charge on any atom is -0.240 e. The van der Waals surface area contributed by atoms with Gasteiger partial charge in [0.05, 0.1) is 10.8 Å². The molecule has 1 radical (unpaired) electrons. The summed E-state index contributed by atoms with van der Waals surface area (Å²) < 4.78 is 160. The van der Waals surface area contributed by atoms with Crippen LogP contribution in [0.1, 0.15) is 5.69 Å². The Bertz CT molecular complexity index is 1160. The average molecular weight is 488 g/mol. The van der Waals surface area contributed by atoms with Crippen molar-refractivity contribution in [3.8, 4) is 0 Å². The largest absolute Gasteiger partial charge is 0.459 e. The smallest absolute Gasteiger partial charge is 0.240 e. The number of alkyl halides is 5. The molecule has 0 bridgehead atoms. The summed E-state index contributed by atoms with van der Waals surface area (Å²) in [6, 6.07) is 0. The molecule has 161 valence electrons. The maximum Gasteiger partial charge on any atom is 0.459 e. The van der Waals surface area contributed by atoms with Gasteiger partial charge in [0.15, 0.2) is 34.8 Å². The van der Waals surface area contributed by atoms with Crippen LogP contribution in [0.25, 0.3) is 21.8 Å². The SMILES string of the molecule is Fc1nc2c(c(F)c1F)c(F)c(F)c1c(F)c(F)c(C(F)(F)C(F)(F)F)nc12.[Cu]. The molecule has 3 rings (SSSR count). The minimum absolute atomic E-state index is 0. The third kappa shape index (κ3) is 3.06. The normalized spacial score (nSPS) is 12.6. The van der Waals surface area contributed by atoms with Gasteiger partial charge in [-0.05, 0) is 0 Å². The number of fused-ring (bicyclic) bond motifs is 3. The molecule has 0 aliphatic heterocycles. The van der Waals surface area contributed by atoms with Crippen LogP contribution in [0.15, 0.2) is 0 Å². The predicted octanol–water partition coefficient (Wildman–Crippen LogP) is 5.41. The van der Waals surface area contributed by atoms with Crippen LogP contribution in [-0.4, -0.2) is 16.1 Å². The molecule has 3 aromatic rings. The zero-order chi connectivity index (χ0) is 21.3. The van der Waals surface area contributed by atoms with E-state index in [-0.39, 0.29) is 17.1 Å². The Morgan fingerprint density at radius 3 is 1.34 bits per heavy atom. The van der Waals surface area contributed by atoms with Crippen LogP contribution < -0.4 is 0 Å². The van der Waals surface area contributed by atoms with Gasteiger partial charge in [0.2, 0.25) is 5.82 Å². The summed E-state index contributed by atoms with van der Waals surface area (Å²) >= 11 is 0. The van der Waals surface area contributed by atoms with Crippen LogP contribution in [0.4, 0.5) is 52.7 Å². The molecule has 2 nitrogen and oxygen atoms in total. The molecule has 0 saturated carbocycles. The van der Waals surface area contributed by atoms with Crippen LogP contribution in [0.5, 0.6) is 0 Å². The molecule has 0 fully saturated rings. The molecule has 0 unspecified atom stereocenters. The summed E-state index contributed by atoms with van der Waals surface area (Å²) in [4.78, 5) is 4.96. The fraction of sp³-hybridized carbons (Fsp3) is 0.143. The molecule has 0 spiro atoms. The molecular formula is C14CuF12N2. The molecule has 0 N–H and O–H groups in total. The van der Waals surface area contributed by atoms with Crippen molar-refractivity contribution in [2.45, 2.75) is 12.1 Å². The number of hydrogen-bond acceptors (Lipinski definition) is 2. The molecule has 0 amide bonds. The quantitative estimate of drug-likeness (QED) is 0.199. The van der Waals surface area contributed by atoms with Gasteiger partial charge < -0.3 is 0 Å². The summed E-state index contributed by atoms with van der Waals surface area (Å²) in [6.07, 6.45) is -6.51. The zero-order valence-electron chi connectivity index (χ0n) is 12.7. The number of hydrogen-bond donors (Lipinski definition) is 0. The molecule has 2 aromatic heterocycles. The molecule has 0 atom stereocenters. The van der Waals surface area contributed by atoms with Gasteiger partial charge in [-0.1, -0.05) is 0 Å². The third-order valence-corrected chi connectivity index (χ3v) is 3.63. The Kier molecular flexibility index (Phi) is 5.47. The molecular weight excluding hydrogens is 488 g/mol. The summed E-state index contributed by atoms with van der Waals surface area (Å²) in [5, 5.41) is -3.81. The number of aromatic nitrogens is 2. The van der Waals surface area contributed by atoms with E-state index in [1.165, 1.54) is 0 Å². The van der Waals surface area contributed by atoms with Crippen LogP contribution in [-0.2, 0) is 23.0 Å². The van der Waals surface area contributed by atoms with Crippen molar-refractivity contribution >= 4 is 21.8 Å². The minimum atomic E-state index is -6.51.